The van der Waals surface area contributed by atoms with Gasteiger partial charge in [0.1, 0.15) is 11.4 Å². The molecule has 2 aromatic heterocycles. The van der Waals surface area contributed by atoms with E-state index in [0.29, 0.717) is 16.8 Å². The highest BCUT2D eigenvalue weighted by atomic mass is 79.9. The molecule has 1 N–H and O–H groups in total. The Kier molecular flexibility index (Phi) is 3.53. The maximum Gasteiger partial charge on any atom is 0.292 e. The van der Waals surface area contributed by atoms with Crippen LogP contribution in [-0.2, 0) is 0 Å². The maximum atomic E-state index is 12.1. The van der Waals surface area contributed by atoms with Crippen molar-refractivity contribution in [1.82, 2.24) is 4.98 Å². The fraction of sp³-hybridized carbons (Fsp3) is 0. The van der Waals surface area contributed by atoms with E-state index >= 15 is 0 Å². The van der Waals surface area contributed by atoms with Gasteiger partial charge in [0.05, 0.1) is 5.39 Å². The van der Waals surface area contributed by atoms with Gasteiger partial charge < -0.3 is 9.73 Å². The van der Waals surface area contributed by atoms with E-state index in [-0.39, 0.29) is 11.2 Å². The monoisotopic (exact) mass is 344 g/mol. The van der Waals surface area contributed by atoms with Crippen LogP contribution >= 0.6 is 15.9 Å². The molecule has 1 aromatic carbocycles. The van der Waals surface area contributed by atoms with Crippen LogP contribution in [0.5, 0.6) is 0 Å². The summed E-state index contributed by atoms with van der Waals surface area (Å²) in [4.78, 5) is 28.1. The average molecular weight is 345 g/mol. The molecule has 1 amide bonds. The van der Waals surface area contributed by atoms with Crippen molar-refractivity contribution >= 4 is 38.6 Å². The van der Waals surface area contributed by atoms with Crippen molar-refractivity contribution in [3.05, 3.63) is 69.1 Å². The van der Waals surface area contributed by atoms with E-state index < -0.39 is 5.91 Å². The summed E-state index contributed by atoms with van der Waals surface area (Å²) in [6.45, 7) is 0. The second-order valence-corrected chi connectivity index (χ2v) is 5.20. The molecule has 0 aliphatic heterocycles. The van der Waals surface area contributed by atoms with E-state index in [1.807, 2.05) is 0 Å². The molecule has 21 heavy (non-hydrogen) atoms. The first-order valence-electron chi connectivity index (χ1n) is 6.09. The van der Waals surface area contributed by atoms with Gasteiger partial charge in [0.25, 0.3) is 5.91 Å². The Morgan fingerprint density at radius 1 is 1.19 bits per heavy atom. The van der Waals surface area contributed by atoms with Crippen molar-refractivity contribution in [3.8, 4) is 0 Å². The van der Waals surface area contributed by atoms with Gasteiger partial charge in [-0.3, -0.25) is 9.59 Å². The maximum absolute atomic E-state index is 12.1. The van der Waals surface area contributed by atoms with Gasteiger partial charge in [0, 0.05) is 16.7 Å². The number of nitrogens with zero attached hydrogens (tertiary/aromatic N) is 1. The molecule has 6 heteroatoms. The van der Waals surface area contributed by atoms with E-state index in [4.69, 9.17) is 4.42 Å². The van der Waals surface area contributed by atoms with E-state index in [1.54, 1.807) is 42.6 Å². The van der Waals surface area contributed by atoms with Crippen molar-refractivity contribution in [2.24, 2.45) is 0 Å². The second-order valence-electron chi connectivity index (χ2n) is 4.29. The van der Waals surface area contributed by atoms with Crippen molar-refractivity contribution < 1.29 is 9.21 Å². The quantitative estimate of drug-likeness (QED) is 0.774. The Morgan fingerprint density at radius 3 is 2.76 bits per heavy atom. The summed E-state index contributed by atoms with van der Waals surface area (Å²) < 4.78 is 6.25. The smallest absolute Gasteiger partial charge is 0.292 e. The Hall–Kier alpha value is -2.47. The number of hydrogen-bond donors (Lipinski definition) is 1. The summed E-state index contributed by atoms with van der Waals surface area (Å²) in [6.07, 6.45) is 1.56. The number of hydrogen-bond acceptors (Lipinski definition) is 4. The normalized spacial score (nSPS) is 10.5. The minimum absolute atomic E-state index is 0.0524. The molecule has 0 atom stereocenters. The van der Waals surface area contributed by atoms with Crippen LogP contribution in [0, 0.1) is 0 Å². The first-order valence-corrected chi connectivity index (χ1v) is 6.88. The van der Waals surface area contributed by atoms with Crippen LogP contribution in [0.3, 0.4) is 0 Å². The molecule has 2 heterocycles. The molecule has 3 rings (SSSR count). The molecule has 0 spiro atoms. The highest BCUT2D eigenvalue weighted by molar-refractivity contribution is 9.10. The number of pyridine rings is 1. The lowest BCUT2D eigenvalue weighted by Crippen LogP contribution is -2.15. The van der Waals surface area contributed by atoms with Gasteiger partial charge in [0.15, 0.2) is 11.2 Å². The third kappa shape index (κ3) is 2.85. The van der Waals surface area contributed by atoms with Gasteiger partial charge >= 0.3 is 0 Å². The number of aromatic nitrogens is 1. The average Bonchev–Trinajstić information content (AvgIpc) is 2.49. The van der Waals surface area contributed by atoms with Gasteiger partial charge in [-0.2, -0.15) is 0 Å². The zero-order chi connectivity index (χ0) is 14.8. The number of anilines is 1. The first-order chi connectivity index (χ1) is 10.1. The summed E-state index contributed by atoms with van der Waals surface area (Å²) >= 11 is 3.26. The highest BCUT2D eigenvalue weighted by Crippen LogP contribution is 2.14. The number of halogens is 1. The van der Waals surface area contributed by atoms with Gasteiger partial charge in [-0.05, 0) is 40.2 Å². The number of carbonyl (C=O) groups excluding carboxylic acids is 1. The number of benzene rings is 1. The van der Waals surface area contributed by atoms with Crippen molar-refractivity contribution in [2.45, 2.75) is 0 Å². The standard InChI is InChI=1S/C15H9BrN2O3/c16-9-5-6-14(17-8-9)18-15(20)13-7-11(19)10-3-1-2-4-12(10)21-13/h1-8H,(H,17,18,20). The number of carbonyl (C=O) groups is 1. The molecule has 0 aliphatic carbocycles. The molecular formula is C15H9BrN2O3. The van der Waals surface area contributed by atoms with Gasteiger partial charge in [-0.15, -0.1) is 0 Å². The summed E-state index contributed by atoms with van der Waals surface area (Å²) in [7, 11) is 0. The van der Waals surface area contributed by atoms with Crippen LogP contribution in [0.25, 0.3) is 11.0 Å². The fourth-order valence-corrected chi connectivity index (χ4v) is 2.08. The molecule has 0 saturated heterocycles. The zero-order valence-corrected chi connectivity index (χ0v) is 12.3. The van der Waals surface area contributed by atoms with Gasteiger partial charge in [-0.1, -0.05) is 12.1 Å². The highest BCUT2D eigenvalue weighted by Gasteiger charge is 2.12. The molecule has 104 valence electrons. The molecular weight excluding hydrogens is 336 g/mol. The molecule has 0 aliphatic rings. The summed E-state index contributed by atoms with van der Waals surface area (Å²) in [5, 5.41) is 3.01. The first kappa shape index (κ1) is 13.5. The van der Waals surface area contributed by atoms with Crippen LogP contribution < -0.4 is 10.7 Å². The number of amides is 1. The van der Waals surface area contributed by atoms with E-state index in [9.17, 15) is 9.59 Å². The van der Waals surface area contributed by atoms with E-state index in [2.05, 4.69) is 26.2 Å². The lowest BCUT2D eigenvalue weighted by atomic mass is 10.2. The molecule has 3 aromatic rings. The Bertz CT molecular complexity index is 872. The molecule has 5 nitrogen and oxygen atoms in total. The minimum atomic E-state index is -0.521. The largest absolute Gasteiger partial charge is 0.451 e. The lowest BCUT2D eigenvalue weighted by Gasteiger charge is -2.04. The van der Waals surface area contributed by atoms with Crippen LogP contribution in [0.4, 0.5) is 5.82 Å². The molecule has 0 unspecified atom stereocenters. The van der Waals surface area contributed by atoms with Gasteiger partial charge in [0.2, 0.25) is 0 Å². The van der Waals surface area contributed by atoms with Crippen LogP contribution in [0.15, 0.2) is 62.3 Å². The van der Waals surface area contributed by atoms with Crippen molar-refractivity contribution in [1.29, 1.82) is 0 Å². The van der Waals surface area contributed by atoms with E-state index in [1.165, 1.54) is 6.07 Å². The third-order valence-electron chi connectivity index (χ3n) is 2.83. The summed E-state index contributed by atoms with van der Waals surface area (Å²) in [5.74, 6) is -0.199. The Labute approximate surface area is 127 Å². The van der Waals surface area contributed by atoms with Gasteiger partial charge in [-0.25, -0.2) is 4.98 Å². The Balaban J connectivity index is 1.94. The van der Waals surface area contributed by atoms with Crippen molar-refractivity contribution in [2.75, 3.05) is 5.32 Å². The topological polar surface area (TPSA) is 72.2 Å². The fourth-order valence-electron chi connectivity index (χ4n) is 1.84. The SMILES string of the molecule is O=C(Nc1ccc(Br)cn1)c1cc(=O)c2ccccc2o1. The predicted molar refractivity (Wildman–Crippen MR) is 82.4 cm³/mol. The van der Waals surface area contributed by atoms with Crippen molar-refractivity contribution in [3.63, 3.8) is 0 Å². The number of para-hydroxylation sites is 1. The van der Waals surface area contributed by atoms with E-state index in [0.717, 1.165) is 4.47 Å². The Morgan fingerprint density at radius 2 is 2.00 bits per heavy atom. The van der Waals surface area contributed by atoms with Crippen LogP contribution in [0.1, 0.15) is 10.6 Å². The van der Waals surface area contributed by atoms with Crippen LogP contribution in [0.2, 0.25) is 0 Å². The second kappa shape index (κ2) is 5.49. The zero-order valence-electron chi connectivity index (χ0n) is 10.7. The number of fused-ring (bicyclic) bond motifs is 1. The summed E-state index contributed by atoms with van der Waals surface area (Å²) in [6, 6.07) is 11.3. The lowest BCUT2D eigenvalue weighted by molar-refractivity contribution is 0.0997. The molecule has 0 saturated carbocycles. The summed E-state index contributed by atoms with van der Waals surface area (Å²) in [5.41, 5.74) is 0.115. The molecule has 0 radical (unpaired) electrons. The molecule has 0 fully saturated rings. The van der Waals surface area contributed by atoms with Crippen LogP contribution in [-0.4, -0.2) is 10.9 Å². The minimum Gasteiger partial charge on any atom is -0.451 e. The molecule has 0 bridgehead atoms. The number of nitrogens with one attached hydrogen (secondary N) is 1. The third-order valence-corrected chi connectivity index (χ3v) is 3.30. The predicted octanol–water partition coefficient (Wildman–Crippen LogP) is 3.20. The number of rotatable bonds is 2.